The van der Waals surface area contributed by atoms with Crippen LogP contribution in [0, 0.1) is 0 Å². The monoisotopic (exact) mass is 383 g/mol. The van der Waals surface area contributed by atoms with Crippen LogP contribution in [0.1, 0.15) is 31.1 Å². The highest BCUT2D eigenvalue weighted by atomic mass is 35.5. The lowest BCUT2D eigenvalue weighted by Crippen LogP contribution is -2.36. The van der Waals surface area contributed by atoms with Crippen molar-refractivity contribution in [2.45, 2.75) is 25.5 Å². The molecule has 0 bridgehead atoms. The molecule has 0 saturated heterocycles. The van der Waals surface area contributed by atoms with Gasteiger partial charge in [0.05, 0.1) is 21.1 Å². The van der Waals surface area contributed by atoms with Gasteiger partial charge in [-0.15, -0.1) is 0 Å². The van der Waals surface area contributed by atoms with E-state index in [2.05, 4.69) is 10.4 Å². The standard InChI is InChI=1S/C17H22ClN3O3S/c1-17(2,3)25(23,24)10-9-19-16(22)13-11-21(4)20-15(13)12-7-5-6-8-14(12)18/h5-8,11H,9-10H2,1-4H3,(H,19,22). The van der Waals surface area contributed by atoms with Gasteiger partial charge < -0.3 is 5.32 Å². The molecule has 1 aromatic heterocycles. The predicted molar refractivity (Wildman–Crippen MR) is 99.5 cm³/mol. The van der Waals surface area contributed by atoms with E-state index in [9.17, 15) is 13.2 Å². The minimum atomic E-state index is -3.30. The fourth-order valence-corrected chi connectivity index (χ4v) is 3.42. The van der Waals surface area contributed by atoms with Gasteiger partial charge in [-0.2, -0.15) is 5.10 Å². The maximum Gasteiger partial charge on any atom is 0.255 e. The lowest BCUT2D eigenvalue weighted by Gasteiger charge is -2.19. The first-order valence-corrected chi connectivity index (χ1v) is 9.85. The third-order valence-electron chi connectivity index (χ3n) is 3.79. The second kappa shape index (κ2) is 7.17. The van der Waals surface area contributed by atoms with Crippen LogP contribution in [0.2, 0.25) is 5.02 Å². The van der Waals surface area contributed by atoms with E-state index < -0.39 is 14.6 Å². The van der Waals surface area contributed by atoms with Gasteiger partial charge in [0.2, 0.25) is 0 Å². The molecule has 0 aliphatic carbocycles. The van der Waals surface area contributed by atoms with Crippen LogP contribution in [-0.4, -0.2) is 41.2 Å². The van der Waals surface area contributed by atoms with Crippen LogP contribution in [0.3, 0.4) is 0 Å². The maximum absolute atomic E-state index is 12.5. The highest BCUT2D eigenvalue weighted by molar-refractivity contribution is 7.92. The first-order chi connectivity index (χ1) is 11.5. The fraction of sp³-hybridized carbons (Fsp3) is 0.412. The third kappa shape index (κ3) is 4.41. The number of carbonyl (C=O) groups is 1. The molecule has 1 aromatic carbocycles. The van der Waals surface area contributed by atoms with Crippen LogP contribution in [0.25, 0.3) is 11.3 Å². The Morgan fingerprint density at radius 2 is 1.92 bits per heavy atom. The summed E-state index contributed by atoms with van der Waals surface area (Å²) in [6, 6.07) is 7.12. The highest BCUT2D eigenvalue weighted by Crippen LogP contribution is 2.28. The molecular weight excluding hydrogens is 362 g/mol. The van der Waals surface area contributed by atoms with Crippen molar-refractivity contribution in [3.8, 4) is 11.3 Å². The number of carbonyl (C=O) groups excluding carboxylic acids is 1. The molecule has 1 heterocycles. The smallest absolute Gasteiger partial charge is 0.255 e. The maximum atomic E-state index is 12.5. The van der Waals surface area contributed by atoms with Crippen LogP contribution in [0.15, 0.2) is 30.5 Å². The van der Waals surface area contributed by atoms with Crippen LogP contribution < -0.4 is 5.32 Å². The Morgan fingerprint density at radius 3 is 2.52 bits per heavy atom. The number of aryl methyl sites for hydroxylation is 1. The summed E-state index contributed by atoms with van der Waals surface area (Å²) in [5.41, 5.74) is 1.46. The zero-order valence-electron chi connectivity index (χ0n) is 14.7. The summed E-state index contributed by atoms with van der Waals surface area (Å²) < 4.78 is 24.9. The Morgan fingerprint density at radius 1 is 1.28 bits per heavy atom. The Balaban J connectivity index is 2.18. The van der Waals surface area contributed by atoms with Gasteiger partial charge in [0.25, 0.3) is 5.91 Å². The molecule has 2 aromatic rings. The number of aromatic nitrogens is 2. The molecule has 1 N–H and O–H groups in total. The summed E-state index contributed by atoms with van der Waals surface area (Å²) >= 11 is 6.20. The van der Waals surface area contributed by atoms with Gasteiger partial charge >= 0.3 is 0 Å². The van der Waals surface area contributed by atoms with Crippen molar-refractivity contribution in [3.05, 3.63) is 41.0 Å². The molecule has 0 aliphatic heterocycles. The Hall–Kier alpha value is -1.86. The molecule has 25 heavy (non-hydrogen) atoms. The van der Waals surface area contributed by atoms with E-state index in [1.165, 1.54) is 4.68 Å². The number of hydrogen-bond donors (Lipinski definition) is 1. The number of rotatable bonds is 5. The molecule has 0 saturated carbocycles. The second-order valence-corrected chi connectivity index (χ2v) is 10.0. The molecule has 0 unspecified atom stereocenters. The molecule has 2 rings (SSSR count). The van der Waals surface area contributed by atoms with E-state index in [1.54, 1.807) is 52.2 Å². The number of benzene rings is 1. The van der Waals surface area contributed by atoms with Crippen molar-refractivity contribution in [3.63, 3.8) is 0 Å². The van der Waals surface area contributed by atoms with Gasteiger partial charge in [0.1, 0.15) is 5.69 Å². The fourth-order valence-electron chi connectivity index (χ4n) is 2.21. The Kier molecular flexibility index (Phi) is 5.58. The predicted octanol–water partition coefficient (Wildman–Crippen LogP) is 2.68. The van der Waals surface area contributed by atoms with Gasteiger partial charge in [-0.3, -0.25) is 9.48 Å². The first kappa shape index (κ1) is 19.5. The summed E-state index contributed by atoms with van der Waals surface area (Å²) in [5, 5.41) is 7.46. The first-order valence-electron chi connectivity index (χ1n) is 7.82. The average molecular weight is 384 g/mol. The van der Waals surface area contributed by atoms with Crippen LogP contribution in [0.4, 0.5) is 0 Å². The molecule has 0 atom stereocenters. The molecule has 0 aliphatic rings. The molecule has 136 valence electrons. The number of hydrogen-bond acceptors (Lipinski definition) is 4. The van der Waals surface area contributed by atoms with Crippen molar-refractivity contribution in [2.75, 3.05) is 12.3 Å². The van der Waals surface area contributed by atoms with E-state index in [0.29, 0.717) is 21.8 Å². The average Bonchev–Trinajstić information content (AvgIpc) is 2.88. The Labute approximate surface area is 153 Å². The third-order valence-corrected chi connectivity index (χ3v) is 6.73. The Bertz CT molecular complexity index is 883. The van der Waals surface area contributed by atoms with Crippen LogP contribution >= 0.6 is 11.6 Å². The lowest BCUT2D eigenvalue weighted by atomic mass is 10.1. The summed E-state index contributed by atoms with van der Waals surface area (Å²) in [6.45, 7) is 4.96. The van der Waals surface area contributed by atoms with E-state index in [4.69, 9.17) is 11.6 Å². The van der Waals surface area contributed by atoms with Gasteiger partial charge in [-0.1, -0.05) is 29.8 Å². The number of halogens is 1. The molecule has 0 spiro atoms. The largest absolute Gasteiger partial charge is 0.351 e. The quantitative estimate of drug-likeness (QED) is 0.860. The minimum absolute atomic E-state index is 0.0370. The van der Waals surface area contributed by atoms with E-state index in [0.717, 1.165) is 0 Å². The van der Waals surface area contributed by atoms with Gasteiger partial charge in [0, 0.05) is 25.4 Å². The van der Waals surface area contributed by atoms with Gasteiger partial charge in [0.15, 0.2) is 9.84 Å². The summed E-state index contributed by atoms with van der Waals surface area (Å²) in [5.74, 6) is -0.503. The number of nitrogens with one attached hydrogen (secondary N) is 1. The van der Waals surface area contributed by atoms with E-state index in [-0.39, 0.29) is 18.2 Å². The van der Waals surface area contributed by atoms with Gasteiger partial charge in [-0.25, -0.2) is 8.42 Å². The molecule has 0 radical (unpaired) electrons. The molecule has 1 amide bonds. The topological polar surface area (TPSA) is 81.1 Å². The van der Waals surface area contributed by atoms with E-state index >= 15 is 0 Å². The minimum Gasteiger partial charge on any atom is -0.351 e. The van der Waals surface area contributed by atoms with Crippen molar-refractivity contribution in [1.82, 2.24) is 15.1 Å². The van der Waals surface area contributed by atoms with Crippen LogP contribution in [-0.2, 0) is 16.9 Å². The lowest BCUT2D eigenvalue weighted by molar-refractivity contribution is 0.0956. The second-order valence-electron chi connectivity index (χ2n) is 6.73. The van der Waals surface area contributed by atoms with Crippen LogP contribution in [0.5, 0.6) is 0 Å². The SMILES string of the molecule is Cn1cc(C(=O)NCCS(=O)(=O)C(C)(C)C)c(-c2ccccc2Cl)n1. The van der Waals surface area contributed by atoms with Crippen molar-refractivity contribution in [1.29, 1.82) is 0 Å². The normalized spacial score (nSPS) is 12.2. The van der Waals surface area contributed by atoms with Crippen molar-refractivity contribution in [2.24, 2.45) is 7.05 Å². The number of nitrogens with zero attached hydrogens (tertiary/aromatic N) is 2. The molecule has 0 fully saturated rings. The summed E-state index contributed by atoms with van der Waals surface area (Å²) in [4.78, 5) is 12.5. The number of sulfone groups is 1. The number of amides is 1. The van der Waals surface area contributed by atoms with Crippen molar-refractivity contribution >= 4 is 27.3 Å². The summed E-state index contributed by atoms with van der Waals surface area (Å²) in [7, 11) is -1.59. The molecule has 6 nitrogen and oxygen atoms in total. The molecular formula is C17H22ClN3O3S. The zero-order chi connectivity index (χ0) is 18.8. The zero-order valence-corrected chi connectivity index (χ0v) is 16.3. The molecule has 8 heteroatoms. The van der Waals surface area contributed by atoms with Crippen molar-refractivity contribution < 1.29 is 13.2 Å². The van der Waals surface area contributed by atoms with E-state index in [1.807, 2.05) is 6.07 Å². The van der Waals surface area contributed by atoms with Gasteiger partial charge in [-0.05, 0) is 26.8 Å². The highest BCUT2D eigenvalue weighted by Gasteiger charge is 2.28. The summed E-state index contributed by atoms with van der Waals surface area (Å²) in [6.07, 6.45) is 1.59.